The van der Waals surface area contributed by atoms with Crippen LogP contribution in [0.4, 0.5) is 11.4 Å². The molecular formula is C63H44N4. The number of nitrogens with zero attached hydrogens (tertiary/aromatic N) is 4. The largest absolute Gasteiger partial charge is 0.349 e. The van der Waals surface area contributed by atoms with Crippen LogP contribution < -0.4 is 9.80 Å². The zero-order valence-electron chi connectivity index (χ0n) is 36.8. The van der Waals surface area contributed by atoms with Gasteiger partial charge in [0.1, 0.15) is 0 Å². The summed E-state index contributed by atoms with van der Waals surface area (Å²) in [6, 6.07) is 85.0. The zero-order valence-corrected chi connectivity index (χ0v) is 36.8. The highest BCUT2D eigenvalue weighted by molar-refractivity contribution is 6.12. The number of rotatable bonds is 6. The van der Waals surface area contributed by atoms with E-state index >= 15 is 0 Å². The van der Waals surface area contributed by atoms with E-state index in [1.165, 1.54) is 122 Å². The minimum absolute atomic E-state index is 0.853. The van der Waals surface area contributed by atoms with Crippen LogP contribution in [0.5, 0.6) is 0 Å². The SMILES string of the molecule is c1ccc(-c2ccccc2-c2ccc3c(c2)c2ccccc2n3-c2ccc3c(c2)CN2CN3Cc3cc(-n4c5ccccc5c5cc(-c6ccccc6-c6ccccc6)ccc54)ccc32)cc1. The third-order valence-electron chi connectivity index (χ3n) is 14.4. The van der Waals surface area contributed by atoms with Gasteiger partial charge >= 0.3 is 0 Å². The van der Waals surface area contributed by atoms with Gasteiger partial charge in [0.05, 0.1) is 28.7 Å². The van der Waals surface area contributed by atoms with Gasteiger partial charge in [0.25, 0.3) is 0 Å². The van der Waals surface area contributed by atoms with Crippen molar-refractivity contribution in [1.29, 1.82) is 0 Å². The molecule has 4 nitrogen and oxygen atoms in total. The Hall–Kier alpha value is -8.60. The normalized spacial score (nSPS) is 13.1. The molecule has 4 heterocycles. The van der Waals surface area contributed by atoms with Gasteiger partial charge in [0.2, 0.25) is 0 Å². The van der Waals surface area contributed by atoms with Crippen LogP contribution in [0, 0.1) is 0 Å². The van der Waals surface area contributed by atoms with Gasteiger partial charge in [-0.3, -0.25) is 0 Å². The molecule has 2 bridgehead atoms. The van der Waals surface area contributed by atoms with Crippen molar-refractivity contribution < 1.29 is 0 Å². The first-order valence-corrected chi connectivity index (χ1v) is 23.3. The third-order valence-corrected chi connectivity index (χ3v) is 14.4. The highest BCUT2D eigenvalue weighted by atomic mass is 15.4. The van der Waals surface area contributed by atoms with Crippen LogP contribution in [0.3, 0.4) is 0 Å². The summed E-state index contributed by atoms with van der Waals surface area (Å²) in [5.74, 6) is 0. The second-order valence-electron chi connectivity index (χ2n) is 18.2. The first kappa shape index (κ1) is 37.7. The highest BCUT2D eigenvalue weighted by Gasteiger charge is 2.30. The van der Waals surface area contributed by atoms with Crippen LogP contribution in [-0.2, 0) is 13.1 Å². The number of aromatic nitrogens is 2. The Morgan fingerprint density at radius 3 is 1.09 bits per heavy atom. The smallest absolute Gasteiger partial charge is 0.0910 e. The van der Waals surface area contributed by atoms with Crippen molar-refractivity contribution in [2.45, 2.75) is 13.1 Å². The van der Waals surface area contributed by atoms with Crippen LogP contribution in [0.25, 0.3) is 99.5 Å². The molecular weight excluding hydrogens is 813 g/mol. The Labute approximate surface area is 389 Å². The fourth-order valence-electron chi connectivity index (χ4n) is 11.4. The molecule has 14 rings (SSSR count). The minimum atomic E-state index is 0.853. The van der Waals surface area contributed by atoms with Crippen molar-refractivity contribution >= 4 is 55.0 Å². The summed E-state index contributed by atoms with van der Waals surface area (Å²) in [5.41, 5.74) is 22.5. The molecule has 0 fully saturated rings. The van der Waals surface area contributed by atoms with E-state index in [0.29, 0.717) is 0 Å². The van der Waals surface area contributed by atoms with E-state index in [4.69, 9.17) is 0 Å². The van der Waals surface area contributed by atoms with Crippen molar-refractivity contribution in [1.82, 2.24) is 9.13 Å². The van der Waals surface area contributed by atoms with Gasteiger partial charge in [-0.2, -0.15) is 0 Å². The van der Waals surface area contributed by atoms with Crippen LogP contribution in [0.1, 0.15) is 11.1 Å². The lowest BCUT2D eigenvalue weighted by atomic mass is 9.94. The first-order chi connectivity index (χ1) is 33.2. The van der Waals surface area contributed by atoms with E-state index in [9.17, 15) is 0 Å². The minimum Gasteiger partial charge on any atom is -0.349 e. The van der Waals surface area contributed by atoms with Crippen molar-refractivity contribution in [3.05, 3.63) is 242 Å². The standard InChI is InChI=1S/C63H44N4/c1-3-15-42(16-4-1)50-19-7-9-21-52(50)44-27-31-62-56(37-44)54-23-11-13-25-60(54)66(62)48-29-33-58-46(35-48)39-64-41-65(58)40-47-36-49(30-34-59(47)64)67-61-26-14-12-24-55(61)57-38-45(28-32-63(57)67)53-22-10-8-20-51(53)43-17-5-2-6-18-43/h1-38H,39-41H2. The molecule has 0 saturated heterocycles. The summed E-state index contributed by atoms with van der Waals surface area (Å²) < 4.78 is 4.92. The Kier molecular flexibility index (Phi) is 8.44. The molecule has 10 aromatic carbocycles. The van der Waals surface area contributed by atoms with Gasteiger partial charge in [-0.1, -0.05) is 158 Å². The van der Waals surface area contributed by atoms with Gasteiger partial charge in [-0.05, 0) is 128 Å². The molecule has 4 heteroatoms. The molecule has 67 heavy (non-hydrogen) atoms. The van der Waals surface area contributed by atoms with Crippen molar-refractivity contribution in [3.63, 3.8) is 0 Å². The molecule has 0 aliphatic carbocycles. The first-order valence-electron chi connectivity index (χ1n) is 23.3. The van der Waals surface area contributed by atoms with E-state index in [1.807, 2.05) is 0 Å². The molecule has 0 saturated carbocycles. The second kappa shape index (κ2) is 15.0. The van der Waals surface area contributed by atoms with Gasteiger partial charge in [0.15, 0.2) is 0 Å². The maximum absolute atomic E-state index is 2.55. The average Bonchev–Trinajstić information content (AvgIpc) is 3.91. The summed E-state index contributed by atoms with van der Waals surface area (Å²) in [5, 5.41) is 5.06. The predicted molar refractivity (Wildman–Crippen MR) is 281 cm³/mol. The van der Waals surface area contributed by atoms with Crippen molar-refractivity contribution in [2.75, 3.05) is 16.5 Å². The topological polar surface area (TPSA) is 16.3 Å². The Balaban J connectivity index is 0.815. The van der Waals surface area contributed by atoms with E-state index in [2.05, 4.69) is 249 Å². The number of hydrogen-bond acceptors (Lipinski definition) is 2. The number of fused-ring (bicyclic) bond motifs is 12. The van der Waals surface area contributed by atoms with E-state index < -0.39 is 0 Å². The molecule has 0 radical (unpaired) electrons. The van der Waals surface area contributed by atoms with Crippen LogP contribution in [-0.4, -0.2) is 15.8 Å². The molecule has 2 aliphatic heterocycles. The summed E-state index contributed by atoms with van der Waals surface area (Å²) in [6.45, 7) is 2.59. The number of para-hydroxylation sites is 2. The second-order valence-corrected chi connectivity index (χ2v) is 18.2. The molecule has 2 aromatic heterocycles. The number of benzene rings is 10. The molecule has 0 unspecified atom stereocenters. The zero-order chi connectivity index (χ0) is 44.0. The van der Waals surface area contributed by atoms with Gasteiger partial charge in [0, 0.05) is 57.4 Å². The molecule has 316 valence electrons. The van der Waals surface area contributed by atoms with Crippen LogP contribution >= 0.6 is 0 Å². The van der Waals surface area contributed by atoms with Crippen LogP contribution in [0.15, 0.2) is 231 Å². The lowest BCUT2D eigenvalue weighted by molar-refractivity contribution is 0.650. The summed E-state index contributed by atoms with van der Waals surface area (Å²) in [4.78, 5) is 5.11. The molecule has 0 atom stereocenters. The average molecular weight is 857 g/mol. The van der Waals surface area contributed by atoms with Gasteiger partial charge in [-0.15, -0.1) is 0 Å². The summed E-state index contributed by atoms with van der Waals surface area (Å²) in [7, 11) is 0. The fraction of sp³-hybridized carbons (Fsp3) is 0.0476. The van der Waals surface area contributed by atoms with Gasteiger partial charge in [-0.25, -0.2) is 0 Å². The quantitative estimate of drug-likeness (QED) is 0.166. The van der Waals surface area contributed by atoms with Gasteiger partial charge < -0.3 is 18.9 Å². The van der Waals surface area contributed by atoms with Crippen molar-refractivity contribution in [2.24, 2.45) is 0 Å². The van der Waals surface area contributed by atoms with E-state index in [0.717, 1.165) is 19.8 Å². The summed E-state index contributed by atoms with van der Waals surface area (Å²) in [6.07, 6.45) is 0. The maximum atomic E-state index is 2.55. The third kappa shape index (κ3) is 6.00. The lowest BCUT2D eigenvalue weighted by Gasteiger charge is -2.45. The van der Waals surface area contributed by atoms with E-state index in [1.54, 1.807) is 0 Å². The molecule has 0 spiro atoms. The van der Waals surface area contributed by atoms with E-state index in [-0.39, 0.29) is 0 Å². The molecule has 2 aliphatic rings. The fourth-order valence-corrected chi connectivity index (χ4v) is 11.4. The Morgan fingerprint density at radius 1 is 0.269 bits per heavy atom. The number of hydrogen-bond donors (Lipinski definition) is 0. The number of anilines is 2. The lowest BCUT2D eigenvalue weighted by Crippen LogP contribution is -2.46. The Morgan fingerprint density at radius 2 is 0.642 bits per heavy atom. The predicted octanol–water partition coefficient (Wildman–Crippen LogP) is 15.8. The van der Waals surface area contributed by atoms with Crippen LogP contribution in [0.2, 0.25) is 0 Å². The summed E-state index contributed by atoms with van der Waals surface area (Å²) >= 11 is 0. The Bertz CT molecular complexity index is 3660. The molecule has 0 N–H and O–H groups in total. The maximum Gasteiger partial charge on any atom is 0.0910 e. The molecule has 0 amide bonds. The monoisotopic (exact) mass is 856 g/mol. The van der Waals surface area contributed by atoms with Crippen molar-refractivity contribution in [3.8, 4) is 55.9 Å². The molecule has 12 aromatic rings. The highest BCUT2D eigenvalue weighted by Crippen LogP contribution is 2.44.